The molecule has 2 aliphatic rings. The number of carbonyl (C=O) groups excluding carboxylic acids is 2. The van der Waals surface area contributed by atoms with Crippen molar-refractivity contribution in [3.8, 4) is 22.5 Å². The van der Waals surface area contributed by atoms with E-state index in [4.69, 9.17) is 9.15 Å². The number of nitrogens with zero attached hydrogens (tertiary/aromatic N) is 2. The van der Waals surface area contributed by atoms with Gasteiger partial charge in [0.2, 0.25) is 5.36 Å². The van der Waals surface area contributed by atoms with Crippen LogP contribution in [-0.4, -0.2) is 38.2 Å². The van der Waals surface area contributed by atoms with Gasteiger partial charge >= 0.3 is 5.97 Å². The van der Waals surface area contributed by atoms with Gasteiger partial charge in [-0.1, -0.05) is 30.8 Å². The number of rotatable bonds is 9. The van der Waals surface area contributed by atoms with Crippen molar-refractivity contribution in [3.05, 3.63) is 84.4 Å². The van der Waals surface area contributed by atoms with Crippen molar-refractivity contribution in [1.29, 1.82) is 0 Å². The lowest BCUT2D eigenvalue weighted by Crippen LogP contribution is -2.33. The normalized spacial score (nSPS) is 11.9. The highest BCUT2D eigenvalue weighted by atomic mass is 16.5. The molecule has 0 radical (unpaired) electrons. The van der Waals surface area contributed by atoms with Gasteiger partial charge in [-0.25, -0.2) is 4.58 Å². The molecule has 7 heteroatoms. The van der Waals surface area contributed by atoms with Gasteiger partial charge in [-0.2, -0.15) is 0 Å². The Balaban J connectivity index is 2.03. The lowest BCUT2D eigenvalue weighted by atomic mass is 9.90. The average Bonchev–Trinajstić information content (AvgIpc) is 2.90. The highest BCUT2D eigenvalue weighted by Gasteiger charge is 2.21. The Kier molecular flexibility index (Phi) is 7.72. The third-order valence-electron chi connectivity index (χ3n) is 6.41. The molecule has 1 heterocycles. The first kappa shape index (κ1) is 25.7. The van der Waals surface area contributed by atoms with Crippen LogP contribution >= 0.6 is 0 Å². The van der Waals surface area contributed by atoms with Crippen molar-refractivity contribution in [3.63, 3.8) is 0 Å². The number of ether oxygens (including phenoxy) is 1. The molecule has 1 aliphatic heterocycles. The van der Waals surface area contributed by atoms with E-state index < -0.39 is 5.97 Å². The second kappa shape index (κ2) is 11.1. The van der Waals surface area contributed by atoms with Crippen molar-refractivity contribution in [1.82, 2.24) is 4.58 Å². The molecule has 2 aromatic rings. The zero-order valence-corrected chi connectivity index (χ0v) is 21.3. The summed E-state index contributed by atoms with van der Waals surface area (Å²) in [6.45, 7) is 11.6. The fourth-order valence-corrected chi connectivity index (χ4v) is 4.60. The van der Waals surface area contributed by atoms with Crippen molar-refractivity contribution >= 4 is 28.6 Å². The summed E-state index contributed by atoms with van der Waals surface area (Å²) in [7, 11) is 0. The number of benzene rings is 3. The maximum atomic E-state index is 12.0. The first-order valence-electron chi connectivity index (χ1n) is 12.3. The summed E-state index contributed by atoms with van der Waals surface area (Å²) >= 11 is 0. The van der Waals surface area contributed by atoms with Crippen LogP contribution in [0.4, 0.5) is 5.69 Å². The van der Waals surface area contributed by atoms with E-state index in [9.17, 15) is 14.7 Å². The molecule has 0 saturated heterocycles. The van der Waals surface area contributed by atoms with Crippen LogP contribution in [0, 0.1) is 0 Å². The minimum Gasteiger partial charge on any atom is -0.545 e. The summed E-state index contributed by atoms with van der Waals surface area (Å²) in [6, 6.07) is 18.6. The number of likely N-dealkylation sites (N-methyl/N-ethyl adjacent to an activating group) is 1. The number of fused-ring (bicyclic) bond motifs is 2. The SMILES string of the molecule is C=CN(CC)c1ccc2c(-c3ccccc3C(=O)[O-])c3ccc(=[N+](CC)CCOC(C)=O)cc-3oc2c1. The lowest BCUT2D eigenvalue weighted by molar-refractivity contribution is -0.254. The Morgan fingerprint density at radius 2 is 1.86 bits per heavy atom. The Hall–Kier alpha value is -4.39. The predicted molar refractivity (Wildman–Crippen MR) is 143 cm³/mol. The van der Waals surface area contributed by atoms with Gasteiger partial charge in [-0.3, -0.25) is 4.79 Å². The van der Waals surface area contributed by atoms with Gasteiger partial charge in [0, 0.05) is 53.4 Å². The summed E-state index contributed by atoms with van der Waals surface area (Å²) in [5.41, 5.74) is 3.76. The van der Waals surface area contributed by atoms with Crippen molar-refractivity contribution in [2.75, 3.05) is 31.1 Å². The van der Waals surface area contributed by atoms with Crippen LogP contribution in [0.15, 0.2) is 77.9 Å². The van der Waals surface area contributed by atoms with E-state index in [1.165, 1.54) is 6.92 Å². The molecule has 4 rings (SSSR count). The Morgan fingerprint density at radius 1 is 1.08 bits per heavy atom. The highest BCUT2D eigenvalue weighted by Crippen LogP contribution is 2.41. The van der Waals surface area contributed by atoms with Gasteiger partial charge in [0.05, 0.1) is 12.0 Å². The zero-order chi connectivity index (χ0) is 26.5. The second-order valence-electron chi connectivity index (χ2n) is 8.56. The number of esters is 1. The van der Waals surface area contributed by atoms with E-state index in [0.29, 0.717) is 30.0 Å². The molecule has 7 nitrogen and oxygen atoms in total. The molecule has 2 aromatic carbocycles. The predicted octanol–water partition coefficient (Wildman–Crippen LogP) is 3.89. The number of carboxylic acid groups (broad SMARTS) is 1. The largest absolute Gasteiger partial charge is 0.545 e. The van der Waals surface area contributed by atoms with E-state index in [1.54, 1.807) is 24.4 Å². The molecule has 0 atom stereocenters. The molecule has 37 heavy (non-hydrogen) atoms. The van der Waals surface area contributed by atoms with Gasteiger partial charge in [0.1, 0.15) is 24.5 Å². The first-order chi connectivity index (χ1) is 17.9. The molecule has 0 saturated carbocycles. The monoisotopic (exact) mass is 498 g/mol. The van der Waals surface area contributed by atoms with Crippen molar-refractivity contribution in [2.24, 2.45) is 0 Å². The minimum atomic E-state index is -1.24. The molecular weight excluding hydrogens is 468 g/mol. The number of carbonyl (C=O) groups is 2. The second-order valence-corrected chi connectivity index (χ2v) is 8.56. The maximum Gasteiger partial charge on any atom is 0.302 e. The van der Waals surface area contributed by atoms with Crippen LogP contribution in [0.25, 0.3) is 33.4 Å². The van der Waals surface area contributed by atoms with Gasteiger partial charge in [-0.05, 0) is 43.8 Å². The fourth-order valence-electron chi connectivity index (χ4n) is 4.60. The maximum absolute atomic E-state index is 12.0. The Bertz CT molecular complexity index is 1520. The van der Waals surface area contributed by atoms with Crippen LogP contribution in [0.1, 0.15) is 31.1 Å². The van der Waals surface area contributed by atoms with Crippen LogP contribution in [0.5, 0.6) is 0 Å². The van der Waals surface area contributed by atoms with Crippen molar-refractivity contribution in [2.45, 2.75) is 20.8 Å². The van der Waals surface area contributed by atoms with Gasteiger partial charge in [0.25, 0.3) is 0 Å². The van der Waals surface area contributed by atoms with Gasteiger partial charge in [0.15, 0.2) is 6.54 Å². The summed E-state index contributed by atoms with van der Waals surface area (Å²) in [5, 5.41) is 13.7. The van der Waals surface area contributed by atoms with E-state index in [0.717, 1.165) is 34.1 Å². The quantitative estimate of drug-likeness (QED) is 0.198. The Morgan fingerprint density at radius 3 is 2.54 bits per heavy atom. The molecule has 0 amide bonds. The molecule has 0 N–H and O–H groups in total. The average molecular weight is 499 g/mol. The zero-order valence-electron chi connectivity index (χ0n) is 21.3. The molecule has 0 bridgehead atoms. The number of carboxylic acids is 1. The van der Waals surface area contributed by atoms with Crippen LogP contribution in [0.3, 0.4) is 0 Å². The van der Waals surface area contributed by atoms with E-state index in [1.807, 2.05) is 61.2 Å². The fraction of sp³-hybridized carbons (Fsp3) is 0.233. The standard InChI is InChI=1S/C30H30N2O5/c1-5-31(6-2)21-12-14-25-27(18-21)37-28-19-22(32(7-3)16-17-36-20(4)33)13-15-26(28)29(25)23-10-8-9-11-24(23)30(34)35/h5,8-15,18-19H,1,6-7,16-17H2,2-4H3. The molecule has 1 aliphatic carbocycles. The molecule has 0 aromatic heterocycles. The molecule has 0 fully saturated rings. The molecule has 0 unspecified atom stereocenters. The smallest absolute Gasteiger partial charge is 0.302 e. The van der Waals surface area contributed by atoms with E-state index in [-0.39, 0.29) is 18.1 Å². The van der Waals surface area contributed by atoms with E-state index in [2.05, 4.69) is 11.2 Å². The third-order valence-corrected chi connectivity index (χ3v) is 6.41. The number of anilines is 1. The molecular formula is C30H30N2O5. The minimum absolute atomic E-state index is 0.113. The van der Waals surface area contributed by atoms with Gasteiger partial charge < -0.3 is 24.0 Å². The third kappa shape index (κ3) is 5.26. The van der Waals surface area contributed by atoms with Crippen LogP contribution in [-0.2, 0) is 9.53 Å². The summed E-state index contributed by atoms with van der Waals surface area (Å²) in [6.07, 6.45) is 1.76. The van der Waals surface area contributed by atoms with Crippen LogP contribution in [0.2, 0.25) is 0 Å². The molecule has 0 spiro atoms. The van der Waals surface area contributed by atoms with Gasteiger partial charge in [-0.15, -0.1) is 0 Å². The number of aromatic carboxylic acids is 1. The number of hydrogen-bond acceptors (Lipinski definition) is 6. The first-order valence-corrected chi connectivity index (χ1v) is 12.3. The lowest BCUT2D eigenvalue weighted by Gasteiger charge is -2.21. The van der Waals surface area contributed by atoms with Crippen LogP contribution < -0.4 is 19.9 Å². The Labute approximate surface area is 215 Å². The highest BCUT2D eigenvalue weighted by molar-refractivity contribution is 6.07. The summed E-state index contributed by atoms with van der Waals surface area (Å²) in [5.74, 6) is -0.945. The summed E-state index contributed by atoms with van der Waals surface area (Å²) < 4.78 is 13.6. The van der Waals surface area contributed by atoms with E-state index >= 15 is 0 Å². The van der Waals surface area contributed by atoms with Crippen molar-refractivity contribution < 1.29 is 23.8 Å². The number of hydrogen-bond donors (Lipinski definition) is 0. The topological polar surface area (TPSA) is 85.8 Å². The summed E-state index contributed by atoms with van der Waals surface area (Å²) in [4.78, 5) is 25.2. The molecule has 190 valence electrons.